The predicted octanol–water partition coefficient (Wildman–Crippen LogP) is 1.81. The number of likely N-dealkylation sites (N-methyl/N-ethyl adjacent to an activating group) is 1. The number of nitrogens with one attached hydrogen (secondary N) is 1. The van der Waals surface area contributed by atoms with Crippen LogP contribution in [0, 0.1) is 6.92 Å². The van der Waals surface area contributed by atoms with E-state index in [1.54, 1.807) is 0 Å². The maximum absolute atomic E-state index is 9.98. The lowest BCUT2D eigenvalue weighted by atomic mass is 10.2. The van der Waals surface area contributed by atoms with Crippen LogP contribution < -0.4 is 10.1 Å². The number of aliphatic hydroxyl groups is 1. The summed E-state index contributed by atoms with van der Waals surface area (Å²) in [6, 6.07) is 8.53. The third kappa shape index (κ3) is 5.30. The largest absolute Gasteiger partial charge is 0.491 e. The fraction of sp³-hybridized carbons (Fsp3) is 0.647. The molecule has 1 saturated heterocycles. The summed E-state index contributed by atoms with van der Waals surface area (Å²) in [5.41, 5.74) is 1.17. The first-order valence-electron chi connectivity index (χ1n) is 8.01. The maximum Gasteiger partial charge on any atom is 0.119 e. The zero-order chi connectivity index (χ0) is 15.1. The summed E-state index contributed by atoms with van der Waals surface area (Å²) in [4.78, 5) is 2.50. The summed E-state index contributed by atoms with van der Waals surface area (Å²) in [6.45, 7) is 8.44. The van der Waals surface area contributed by atoms with Crippen LogP contribution in [0.1, 0.15) is 25.3 Å². The van der Waals surface area contributed by atoms with Crippen molar-refractivity contribution in [3.63, 3.8) is 0 Å². The highest BCUT2D eigenvalue weighted by molar-refractivity contribution is 5.27. The SMILES string of the molecule is CCN1CCC[C@H]1CNC[C@H](O)COc1cccc(C)c1. The van der Waals surface area contributed by atoms with Crippen LogP contribution in [-0.4, -0.2) is 54.9 Å². The van der Waals surface area contributed by atoms with Gasteiger partial charge in [-0.2, -0.15) is 0 Å². The zero-order valence-corrected chi connectivity index (χ0v) is 13.2. The third-order valence-electron chi connectivity index (χ3n) is 4.10. The Balaban J connectivity index is 1.62. The monoisotopic (exact) mass is 292 g/mol. The molecule has 1 aromatic carbocycles. The van der Waals surface area contributed by atoms with Gasteiger partial charge in [0.05, 0.1) is 0 Å². The van der Waals surface area contributed by atoms with E-state index in [9.17, 15) is 5.11 Å². The minimum absolute atomic E-state index is 0.332. The van der Waals surface area contributed by atoms with E-state index in [4.69, 9.17) is 4.74 Å². The number of benzene rings is 1. The molecule has 0 amide bonds. The number of hydrogen-bond donors (Lipinski definition) is 2. The molecule has 0 aromatic heterocycles. The van der Waals surface area contributed by atoms with Gasteiger partial charge in [-0.3, -0.25) is 4.90 Å². The normalized spacial score (nSPS) is 20.6. The Morgan fingerprint density at radius 3 is 3.10 bits per heavy atom. The molecule has 2 N–H and O–H groups in total. The van der Waals surface area contributed by atoms with Gasteiger partial charge >= 0.3 is 0 Å². The number of ether oxygens (including phenoxy) is 1. The average Bonchev–Trinajstić information content (AvgIpc) is 2.93. The first-order chi connectivity index (χ1) is 10.2. The van der Waals surface area contributed by atoms with Gasteiger partial charge in [-0.15, -0.1) is 0 Å². The molecule has 2 atom stereocenters. The number of aliphatic hydroxyl groups excluding tert-OH is 1. The summed E-state index contributed by atoms with van der Waals surface area (Å²) in [6.07, 6.45) is 2.08. The molecule has 0 unspecified atom stereocenters. The quantitative estimate of drug-likeness (QED) is 0.767. The van der Waals surface area contributed by atoms with E-state index in [0.29, 0.717) is 19.2 Å². The number of nitrogens with zero attached hydrogens (tertiary/aromatic N) is 1. The number of hydrogen-bond acceptors (Lipinski definition) is 4. The van der Waals surface area contributed by atoms with E-state index in [1.165, 1.54) is 24.9 Å². The Labute approximate surface area is 128 Å². The van der Waals surface area contributed by atoms with Crippen LogP contribution in [0.25, 0.3) is 0 Å². The molecule has 0 saturated carbocycles. The van der Waals surface area contributed by atoms with Crippen molar-refractivity contribution in [2.75, 3.05) is 32.8 Å². The lowest BCUT2D eigenvalue weighted by Crippen LogP contribution is -2.41. The molecule has 0 aliphatic carbocycles. The maximum atomic E-state index is 9.98. The van der Waals surface area contributed by atoms with E-state index in [-0.39, 0.29) is 0 Å². The molecule has 4 heteroatoms. The molecule has 118 valence electrons. The van der Waals surface area contributed by atoms with E-state index >= 15 is 0 Å². The molecular formula is C17H28N2O2. The van der Waals surface area contributed by atoms with Crippen LogP contribution in [0.2, 0.25) is 0 Å². The van der Waals surface area contributed by atoms with Crippen molar-refractivity contribution in [2.45, 2.75) is 38.8 Å². The van der Waals surface area contributed by atoms with Crippen molar-refractivity contribution < 1.29 is 9.84 Å². The molecule has 0 bridgehead atoms. The summed E-state index contributed by atoms with van der Waals surface area (Å²) in [5, 5.41) is 13.3. The number of likely N-dealkylation sites (tertiary alicyclic amines) is 1. The van der Waals surface area contributed by atoms with Crippen molar-refractivity contribution in [3.05, 3.63) is 29.8 Å². The van der Waals surface area contributed by atoms with Crippen molar-refractivity contribution >= 4 is 0 Å². The highest BCUT2D eigenvalue weighted by Crippen LogP contribution is 2.15. The van der Waals surface area contributed by atoms with Crippen molar-refractivity contribution in [3.8, 4) is 5.75 Å². The fourth-order valence-corrected chi connectivity index (χ4v) is 2.92. The fourth-order valence-electron chi connectivity index (χ4n) is 2.92. The van der Waals surface area contributed by atoms with Crippen LogP contribution in [-0.2, 0) is 0 Å². The second-order valence-electron chi connectivity index (χ2n) is 5.86. The lowest BCUT2D eigenvalue weighted by Gasteiger charge is -2.23. The Hall–Kier alpha value is -1.10. The van der Waals surface area contributed by atoms with Gasteiger partial charge in [-0.05, 0) is 50.6 Å². The number of aryl methyl sites for hydroxylation is 1. The molecule has 1 heterocycles. The summed E-state index contributed by atoms with van der Waals surface area (Å²) >= 11 is 0. The summed E-state index contributed by atoms with van der Waals surface area (Å²) in [7, 11) is 0. The molecule has 1 fully saturated rings. The summed E-state index contributed by atoms with van der Waals surface area (Å²) < 4.78 is 5.61. The van der Waals surface area contributed by atoms with Gasteiger partial charge in [0.2, 0.25) is 0 Å². The molecule has 1 aliphatic rings. The van der Waals surface area contributed by atoms with Crippen LogP contribution in [0.4, 0.5) is 0 Å². The van der Waals surface area contributed by atoms with Crippen LogP contribution >= 0.6 is 0 Å². The average molecular weight is 292 g/mol. The molecule has 1 aliphatic heterocycles. The molecule has 1 aromatic rings. The highest BCUT2D eigenvalue weighted by Gasteiger charge is 2.22. The molecule has 2 rings (SSSR count). The third-order valence-corrected chi connectivity index (χ3v) is 4.10. The second kappa shape index (κ2) is 8.37. The Kier molecular flexibility index (Phi) is 6.49. The van der Waals surface area contributed by atoms with Gasteiger partial charge < -0.3 is 15.2 Å². The van der Waals surface area contributed by atoms with Gasteiger partial charge in [-0.25, -0.2) is 0 Å². The van der Waals surface area contributed by atoms with Gasteiger partial charge in [0, 0.05) is 19.1 Å². The van der Waals surface area contributed by atoms with Gasteiger partial charge in [0.15, 0.2) is 0 Å². The van der Waals surface area contributed by atoms with E-state index in [1.807, 2.05) is 31.2 Å². The first-order valence-corrected chi connectivity index (χ1v) is 8.01. The number of rotatable bonds is 8. The molecule has 0 spiro atoms. The minimum Gasteiger partial charge on any atom is -0.491 e. The lowest BCUT2D eigenvalue weighted by molar-refractivity contribution is 0.104. The van der Waals surface area contributed by atoms with Crippen LogP contribution in [0.3, 0.4) is 0 Å². The molecule has 21 heavy (non-hydrogen) atoms. The Bertz CT molecular complexity index is 425. The molecule has 4 nitrogen and oxygen atoms in total. The van der Waals surface area contributed by atoms with E-state index in [2.05, 4.69) is 17.1 Å². The second-order valence-corrected chi connectivity index (χ2v) is 5.86. The first kappa shape index (κ1) is 16.3. The van der Waals surface area contributed by atoms with E-state index in [0.717, 1.165) is 18.8 Å². The van der Waals surface area contributed by atoms with Crippen LogP contribution in [0.15, 0.2) is 24.3 Å². The van der Waals surface area contributed by atoms with Gasteiger partial charge in [-0.1, -0.05) is 19.1 Å². The highest BCUT2D eigenvalue weighted by atomic mass is 16.5. The predicted molar refractivity (Wildman–Crippen MR) is 85.8 cm³/mol. The molecule has 0 radical (unpaired) electrons. The van der Waals surface area contributed by atoms with Crippen LogP contribution in [0.5, 0.6) is 5.75 Å². The van der Waals surface area contributed by atoms with Gasteiger partial charge in [0.25, 0.3) is 0 Å². The Morgan fingerprint density at radius 1 is 1.48 bits per heavy atom. The summed E-state index contributed by atoms with van der Waals surface area (Å²) in [5.74, 6) is 0.821. The zero-order valence-electron chi connectivity index (χ0n) is 13.2. The smallest absolute Gasteiger partial charge is 0.119 e. The van der Waals surface area contributed by atoms with E-state index < -0.39 is 6.10 Å². The minimum atomic E-state index is -0.470. The van der Waals surface area contributed by atoms with Crippen molar-refractivity contribution in [1.29, 1.82) is 0 Å². The molecular weight excluding hydrogens is 264 g/mol. The van der Waals surface area contributed by atoms with Gasteiger partial charge in [0.1, 0.15) is 18.5 Å². The Morgan fingerprint density at radius 2 is 2.33 bits per heavy atom. The van der Waals surface area contributed by atoms with Crippen molar-refractivity contribution in [1.82, 2.24) is 10.2 Å². The van der Waals surface area contributed by atoms with Crippen molar-refractivity contribution in [2.24, 2.45) is 0 Å². The standard InChI is InChI=1S/C17H28N2O2/c1-3-19-9-5-7-15(19)11-18-12-16(20)13-21-17-8-4-6-14(2)10-17/h4,6,8,10,15-16,18,20H,3,5,7,9,11-13H2,1-2H3/t15-,16-/m0/s1. The topological polar surface area (TPSA) is 44.7 Å².